The molecule has 1 heterocycles. The number of carbonyl (C=O) groups is 1. The Bertz CT molecular complexity index is 561. The standard InChI is InChI=1S/C13H20N6OS/c1-3-19-10(6-14)17-18-12(19)21-7-11(20)16-13(2,8-15)9-4-5-9/h9H,3-7,14H2,1-2H3,(H,16,20). The summed E-state index contributed by atoms with van der Waals surface area (Å²) in [5.74, 6) is 1.04. The van der Waals surface area contributed by atoms with E-state index in [4.69, 9.17) is 5.73 Å². The minimum Gasteiger partial charge on any atom is -0.337 e. The first kappa shape index (κ1) is 15.8. The lowest BCUT2D eigenvalue weighted by molar-refractivity contribution is -0.119. The molecule has 0 aromatic carbocycles. The molecule has 0 bridgehead atoms. The van der Waals surface area contributed by atoms with Gasteiger partial charge in [0.05, 0.1) is 18.4 Å². The van der Waals surface area contributed by atoms with Crippen LogP contribution in [0.3, 0.4) is 0 Å². The van der Waals surface area contributed by atoms with E-state index in [2.05, 4.69) is 21.6 Å². The van der Waals surface area contributed by atoms with Gasteiger partial charge in [0.2, 0.25) is 5.91 Å². The predicted octanol–water partition coefficient (Wildman–Crippen LogP) is 0.657. The van der Waals surface area contributed by atoms with Crippen LogP contribution in [0, 0.1) is 17.2 Å². The third-order valence-electron chi connectivity index (χ3n) is 3.65. The average molecular weight is 308 g/mol. The van der Waals surface area contributed by atoms with Crippen molar-refractivity contribution in [2.24, 2.45) is 11.7 Å². The molecule has 0 radical (unpaired) electrons. The number of nitrogens with zero attached hydrogens (tertiary/aromatic N) is 4. The van der Waals surface area contributed by atoms with Crippen LogP contribution >= 0.6 is 11.8 Å². The maximum absolute atomic E-state index is 12.0. The van der Waals surface area contributed by atoms with Crippen LogP contribution in [0.25, 0.3) is 0 Å². The van der Waals surface area contributed by atoms with E-state index < -0.39 is 5.54 Å². The van der Waals surface area contributed by atoms with Crippen molar-refractivity contribution in [3.8, 4) is 6.07 Å². The van der Waals surface area contributed by atoms with Crippen LogP contribution < -0.4 is 11.1 Å². The summed E-state index contributed by atoms with van der Waals surface area (Å²) in [6.45, 7) is 4.80. The molecule has 0 spiro atoms. The summed E-state index contributed by atoms with van der Waals surface area (Å²) in [7, 11) is 0. The number of nitriles is 1. The maximum Gasteiger partial charge on any atom is 0.231 e. The van der Waals surface area contributed by atoms with Crippen molar-refractivity contribution in [1.29, 1.82) is 5.26 Å². The molecule has 1 amide bonds. The van der Waals surface area contributed by atoms with E-state index in [1.54, 1.807) is 6.92 Å². The molecule has 114 valence electrons. The molecule has 1 saturated carbocycles. The molecule has 1 atom stereocenters. The Balaban J connectivity index is 1.92. The second-order valence-electron chi connectivity index (χ2n) is 5.27. The van der Waals surface area contributed by atoms with Crippen LogP contribution in [0.4, 0.5) is 0 Å². The van der Waals surface area contributed by atoms with E-state index in [1.165, 1.54) is 11.8 Å². The molecule has 1 unspecified atom stereocenters. The molecule has 3 N–H and O–H groups in total. The molecule has 1 aliphatic rings. The number of rotatable bonds is 7. The first-order valence-electron chi connectivity index (χ1n) is 7.01. The number of thioether (sulfide) groups is 1. The number of aromatic nitrogens is 3. The molecule has 0 saturated heterocycles. The minimum atomic E-state index is -0.751. The van der Waals surface area contributed by atoms with Gasteiger partial charge in [-0.3, -0.25) is 4.79 Å². The van der Waals surface area contributed by atoms with Gasteiger partial charge in [0.15, 0.2) is 5.16 Å². The summed E-state index contributed by atoms with van der Waals surface area (Å²) in [6.07, 6.45) is 2.00. The zero-order chi connectivity index (χ0) is 15.5. The van der Waals surface area contributed by atoms with E-state index in [9.17, 15) is 10.1 Å². The third kappa shape index (κ3) is 3.54. The molecular weight excluding hydrogens is 288 g/mol. The van der Waals surface area contributed by atoms with Crippen LogP contribution in [0.2, 0.25) is 0 Å². The lowest BCUT2D eigenvalue weighted by Gasteiger charge is -2.22. The van der Waals surface area contributed by atoms with Crippen molar-refractivity contribution in [1.82, 2.24) is 20.1 Å². The number of hydrogen-bond donors (Lipinski definition) is 2. The van der Waals surface area contributed by atoms with Gasteiger partial charge in [-0.15, -0.1) is 10.2 Å². The summed E-state index contributed by atoms with van der Waals surface area (Å²) in [5, 5.41) is 20.8. The Kier molecular flexibility index (Phi) is 4.85. The molecule has 1 aliphatic carbocycles. The molecule has 21 heavy (non-hydrogen) atoms. The van der Waals surface area contributed by atoms with Gasteiger partial charge in [0.25, 0.3) is 0 Å². The minimum absolute atomic E-state index is 0.157. The van der Waals surface area contributed by atoms with Gasteiger partial charge < -0.3 is 15.6 Å². The van der Waals surface area contributed by atoms with Gasteiger partial charge in [0, 0.05) is 6.54 Å². The van der Waals surface area contributed by atoms with Crippen molar-refractivity contribution in [3.63, 3.8) is 0 Å². The van der Waals surface area contributed by atoms with E-state index in [0.717, 1.165) is 12.8 Å². The number of carbonyl (C=O) groups excluding carboxylic acids is 1. The highest BCUT2D eigenvalue weighted by Crippen LogP contribution is 2.39. The van der Waals surface area contributed by atoms with Crippen LogP contribution in [0.1, 0.15) is 32.5 Å². The molecule has 1 aromatic heterocycles. The highest BCUT2D eigenvalue weighted by molar-refractivity contribution is 7.99. The van der Waals surface area contributed by atoms with Crippen molar-refractivity contribution in [2.45, 2.75) is 50.5 Å². The molecule has 1 aromatic rings. The highest BCUT2D eigenvalue weighted by Gasteiger charge is 2.42. The normalized spacial score (nSPS) is 17.0. The number of nitrogens with two attached hydrogens (primary N) is 1. The molecule has 1 fully saturated rings. The summed E-state index contributed by atoms with van der Waals surface area (Å²) >= 11 is 1.31. The fourth-order valence-electron chi connectivity index (χ4n) is 2.23. The van der Waals surface area contributed by atoms with Gasteiger partial charge in [-0.25, -0.2) is 0 Å². The summed E-state index contributed by atoms with van der Waals surface area (Å²) < 4.78 is 1.89. The molecule has 7 nitrogen and oxygen atoms in total. The first-order chi connectivity index (χ1) is 10.0. The smallest absolute Gasteiger partial charge is 0.231 e. The van der Waals surface area contributed by atoms with Crippen molar-refractivity contribution in [3.05, 3.63) is 5.82 Å². The van der Waals surface area contributed by atoms with E-state index in [1.807, 2.05) is 11.5 Å². The molecule has 8 heteroatoms. The zero-order valence-corrected chi connectivity index (χ0v) is 13.1. The number of nitrogens with one attached hydrogen (secondary N) is 1. The van der Waals surface area contributed by atoms with Crippen molar-refractivity contribution in [2.75, 3.05) is 5.75 Å². The average Bonchev–Trinajstić information content (AvgIpc) is 3.26. The Labute approximate surface area is 128 Å². The van der Waals surface area contributed by atoms with E-state index >= 15 is 0 Å². The lowest BCUT2D eigenvalue weighted by Crippen LogP contribution is -2.47. The summed E-state index contributed by atoms with van der Waals surface area (Å²) in [5.41, 5.74) is 4.84. The van der Waals surface area contributed by atoms with E-state index in [0.29, 0.717) is 24.1 Å². The predicted molar refractivity (Wildman–Crippen MR) is 79.2 cm³/mol. The zero-order valence-electron chi connectivity index (χ0n) is 12.3. The second kappa shape index (κ2) is 6.45. The highest BCUT2D eigenvalue weighted by atomic mass is 32.2. The van der Waals surface area contributed by atoms with Crippen LogP contribution in [-0.4, -0.2) is 32.0 Å². The SMILES string of the molecule is CCn1c(CN)nnc1SCC(=O)NC(C)(C#N)C1CC1. The van der Waals surface area contributed by atoms with Gasteiger partial charge >= 0.3 is 0 Å². The molecular formula is C13H20N6OS. The molecule has 2 rings (SSSR count). The van der Waals surface area contributed by atoms with Gasteiger partial charge in [-0.05, 0) is 32.6 Å². The Morgan fingerprint density at radius 3 is 2.86 bits per heavy atom. The Morgan fingerprint density at radius 1 is 1.62 bits per heavy atom. The maximum atomic E-state index is 12.0. The quantitative estimate of drug-likeness (QED) is 0.716. The largest absolute Gasteiger partial charge is 0.337 e. The van der Waals surface area contributed by atoms with Crippen LogP contribution in [0.15, 0.2) is 5.16 Å². The molecule has 0 aliphatic heterocycles. The van der Waals surface area contributed by atoms with Crippen molar-refractivity contribution >= 4 is 17.7 Å². The first-order valence-corrected chi connectivity index (χ1v) is 7.99. The van der Waals surface area contributed by atoms with E-state index in [-0.39, 0.29) is 17.6 Å². The van der Waals surface area contributed by atoms with Crippen LogP contribution in [-0.2, 0) is 17.9 Å². The summed E-state index contributed by atoms with van der Waals surface area (Å²) in [4.78, 5) is 12.0. The third-order valence-corrected chi connectivity index (χ3v) is 4.62. The van der Waals surface area contributed by atoms with Gasteiger partial charge in [-0.1, -0.05) is 11.8 Å². The van der Waals surface area contributed by atoms with Gasteiger partial charge in [0.1, 0.15) is 11.4 Å². The fourth-order valence-corrected chi connectivity index (χ4v) is 3.05. The van der Waals surface area contributed by atoms with Crippen LogP contribution in [0.5, 0.6) is 0 Å². The number of hydrogen-bond acceptors (Lipinski definition) is 6. The monoisotopic (exact) mass is 308 g/mol. The number of amides is 1. The Morgan fingerprint density at radius 2 is 2.33 bits per heavy atom. The van der Waals surface area contributed by atoms with Crippen molar-refractivity contribution < 1.29 is 4.79 Å². The lowest BCUT2D eigenvalue weighted by atomic mass is 9.98. The Hall–Kier alpha value is -1.59. The fraction of sp³-hybridized carbons (Fsp3) is 0.692. The second-order valence-corrected chi connectivity index (χ2v) is 6.21. The topological polar surface area (TPSA) is 110 Å². The summed E-state index contributed by atoms with van der Waals surface area (Å²) in [6, 6.07) is 2.21. The van der Waals surface area contributed by atoms with Gasteiger partial charge in [-0.2, -0.15) is 5.26 Å².